The van der Waals surface area contributed by atoms with Crippen LogP contribution in [0.4, 0.5) is 0 Å². The molecule has 4 atom stereocenters. The molecule has 1 saturated carbocycles. The summed E-state index contributed by atoms with van der Waals surface area (Å²) in [5.74, 6) is 1.56. The number of unbranched alkanes of at least 4 members (excludes halogenated alkanes) is 1. The Kier molecular flexibility index (Phi) is 7.12. The highest BCUT2D eigenvalue weighted by Gasteiger charge is 2.40. The van der Waals surface area contributed by atoms with E-state index in [4.69, 9.17) is 0 Å². The summed E-state index contributed by atoms with van der Waals surface area (Å²) in [4.78, 5) is 24.2. The lowest BCUT2D eigenvalue weighted by atomic mass is 9.72. The molecular formula is C21H29NO2S. The summed E-state index contributed by atoms with van der Waals surface area (Å²) in [5, 5.41) is 0. The van der Waals surface area contributed by atoms with Crippen LogP contribution in [0.5, 0.6) is 0 Å². The standard InChI is InChI=1S/C21H29NO2S/c23-14-18-15-25-22-20(18)21(24)19-13-7-6-12-17(19)11-5-4-10-16-8-2-1-3-9-16/h1-3,8-9,14,17-20,22H,4-7,10-13,15H2. The largest absolute Gasteiger partial charge is 0.303 e. The van der Waals surface area contributed by atoms with Crippen molar-refractivity contribution in [2.45, 2.75) is 57.4 Å². The zero-order valence-corrected chi connectivity index (χ0v) is 15.7. The Labute approximate surface area is 155 Å². The van der Waals surface area contributed by atoms with Crippen molar-refractivity contribution in [3.8, 4) is 0 Å². The topological polar surface area (TPSA) is 46.2 Å². The van der Waals surface area contributed by atoms with Crippen LogP contribution in [0.1, 0.15) is 50.5 Å². The van der Waals surface area contributed by atoms with E-state index in [-0.39, 0.29) is 17.9 Å². The molecule has 0 bridgehead atoms. The highest BCUT2D eigenvalue weighted by atomic mass is 32.2. The Morgan fingerprint density at radius 1 is 1.16 bits per heavy atom. The summed E-state index contributed by atoms with van der Waals surface area (Å²) in [7, 11) is 0. The van der Waals surface area contributed by atoms with Crippen molar-refractivity contribution in [3.05, 3.63) is 35.9 Å². The minimum absolute atomic E-state index is 0.141. The number of carbonyl (C=O) groups is 2. The molecule has 0 aromatic heterocycles. The average molecular weight is 360 g/mol. The van der Waals surface area contributed by atoms with E-state index in [1.54, 1.807) is 0 Å². The molecular weight excluding hydrogens is 330 g/mol. The Morgan fingerprint density at radius 3 is 2.76 bits per heavy atom. The first-order valence-electron chi connectivity index (χ1n) is 9.70. The number of rotatable bonds is 8. The van der Waals surface area contributed by atoms with Gasteiger partial charge in [0.2, 0.25) is 0 Å². The van der Waals surface area contributed by atoms with Crippen molar-refractivity contribution in [2.24, 2.45) is 17.8 Å². The summed E-state index contributed by atoms with van der Waals surface area (Å²) < 4.78 is 3.20. The van der Waals surface area contributed by atoms with Gasteiger partial charge in [0.25, 0.3) is 0 Å². The van der Waals surface area contributed by atoms with Gasteiger partial charge in [0, 0.05) is 17.6 Å². The van der Waals surface area contributed by atoms with Gasteiger partial charge in [0.1, 0.15) is 6.29 Å². The molecule has 1 saturated heterocycles. The average Bonchev–Trinajstić information content (AvgIpc) is 3.14. The Bertz CT molecular complexity index is 562. The molecule has 1 aliphatic heterocycles. The summed E-state index contributed by atoms with van der Waals surface area (Å²) in [6, 6.07) is 10.4. The molecule has 3 nitrogen and oxygen atoms in total. The molecule has 2 fully saturated rings. The Hall–Kier alpha value is -1.13. The number of nitrogens with one attached hydrogen (secondary N) is 1. The maximum absolute atomic E-state index is 13.0. The first-order chi connectivity index (χ1) is 12.3. The molecule has 0 spiro atoms. The van der Waals surface area contributed by atoms with Crippen molar-refractivity contribution in [3.63, 3.8) is 0 Å². The number of hydrogen-bond donors (Lipinski definition) is 1. The molecule has 4 unspecified atom stereocenters. The maximum atomic E-state index is 13.0. The van der Waals surface area contributed by atoms with Crippen molar-refractivity contribution >= 4 is 24.0 Å². The molecule has 3 rings (SSSR count). The fourth-order valence-corrected chi connectivity index (χ4v) is 5.37. The normalized spacial score (nSPS) is 29.4. The second kappa shape index (κ2) is 9.54. The number of aryl methyl sites for hydroxylation is 1. The van der Waals surface area contributed by atoms with E-state index >= 15 is 0 Å². The van der Waals surface area contributed by atoms with Crippen molar-refractivity contribution in [1.82, 2.24) is 4.72 Å². The van der Waals surface area contributed by atoms with Crippen LogP contribution < -0.4 is 4.72 Å². The summed E-state index contributed by atoms with van der Waals surface area (Å²) in [6.07, 6.45) is 10.2. The number of carbonyl (C=O) groups excluding carboxylic acids is 2. The molecule has 25 heavy (non-hydrogen) atoms. The van der Waals surface area contributed by atoms with Crippen LogP contribution >= 0.6 is 11.9 Å². The molecule has 1 aliphatic carbocycles. The van der Waals surface area contributed by atoms with E-state index in [0.717, 1.165) is 37.7 Å². The third kappa shape index (κ3) is 4.95. The van der Waals surface area contributed by atoms with E-state index in [2.05, 4.69) is 35.1 Å². The summed E-state index contributed by atoms with van der Waals surface area (Å²) >= 11 is 1.53. The molecule has 1 aromatic rings. The smallest absolute Gasteiger partial charge is 0.154 e. The van der Waals surface area contributed by atoms with Gasteiger partial charge in [-0.25, -0.2) is 0 Å². The molecule has 1 aromatic carbocycles. The fraction of sp³-hybridized carbons (Fsp3) is 0.619. The van der Waals surface area contributed by atoms with Crippen LogP contribution in [0.25, 0.3) is 0 Å². The Balaban J connectivity index is 1.50. The molecule has 1 heterocycles. The van der Waals surface area contributed by atoms with Gasteiger partial charge in [-0.2, -0.15) is 0 Å². The lowest BCUT2D eigenvalue weighted by molar-refractivity contribution is -0.130. The predicted molar refractivity (Wildman–Crippen MR) is 103 cm³/mol. The SMILES string of the molecule is O=CC1CSNC1C(=O)C1CCCCC1CCCCc1ccccc1. The highest BCUT2D eigenvalue weighted by Crippen LogP contribution is 2.36. The maximum Gasteiger partial charge on any atom is 0.154 e. The van der Waals surface area contributed by atoms with Gasteiger partial charge in [-0.15, -0.1) is 0 Å². The molecule has 4 heteroatoms. The highest BCUT2D eigenvalue weighted by molar-refractivity contribution is 7.97. The first-order valence-corrected chi connectivity index (χ1v) is 10.7. The van der Waals surface area contributed by atoms with Crippen molar-refractivity contribution in [1.29, 1.82) is 0 Å². The van der Waals surface area contributed by atoms with E-state index < -0.39 is 0 Å². The third-order valence-corrected chi connectivity index (χ3v) is 6.78. The number of ketones is 1. The minimum atomic E-state index is -0.252. The van der Waals surface area contributed by atoms with Crippen LogP contribution in [0, 0.1) is 17.8 Å². The fourth-order valence-electron chi connectivity index (χ4n) is 4.34. The molecule has 0 amide bonds. The third-order valence-electron chi connectivity index (χ3n) is 5.80. The quantitative estimate of drug-likeness (QED) is 0.429. The van der Waals surface area contributed by atoms with Crippen LogP contribution in [0.2, 0.25) is 0 Å². The van der Waals surface area contributed by atoms with E-state index in [0.29, 0.717) is 11.7 Å². The molecule has 2 aliphatic rings. The van der Waals surface area contributed by atoms with Gasteiger partial charge in [-0.1, -0.05) is 61.5 Å². The van der Waals surface area contributed by atoms with E-state index in [1.165, 1.54) is 43.2 Å². The van der Waals surface area contributed by atoms with Crippen LogP contribution in [0.3, 0.4) is 0 Å². The van der Waals surface area contributed by atoms with Gasteiger partial charge >= 0.3 is 0 Å². The second-order valence-electron chi connectivity index (χ2n) is 7.49. The molecule has 136 valence electrons. The van der Waals surface area contributed by atoms with Crippen LogP contribution in [-0.4, -0.2) is 23.9 Å². The zero-order valence-electron chi connectivity index (χ0n) is 14.9. The number of benzene rings is 1. The first kappa shape index (κ1) is 18.7. The molecule has 0 radical (unpaired) electrons. The van der Waals surface area contributed by atoms with Crippen LogP contribution in [-0.2, 0) is 16.0 Å². The van der Waals surface area contributed by atoms with Crippen LogP contribution in [0.15, 0.2) is 30.3 Å². The second-order valence-corrected chi connectivity index (χ2v) is 8.35. The van der Waals surface area contributed by atoms with Gasteiger partial charge in [-0.3, -0.25) is 9.52 Å². The van der Waals surface area contributed by atoms with E-state index in [9.17, 15) is 9.59 Å². The lowest BCUT2D eigenvalue weighted by Gasteiger charge is -2.32. The minimum Gasteiger partial charge on any atom is -0.303 e. The molecule has 1 N–H and O–H groups in total. The summed E-state index contributed by atoms with van der Waals surface area (Å²) in [5.41, 5.74) is 1.40. The monoisotopic (exact) mass is 359 g/mol. The zero-order chi connectivity index (χ0) is 17.5. The van der Waals surface area contributed by atoms with Gasteiger partial charge < -0.3 is 4.79 Å². The summed E-state index contributed by atoms with van der Waals surface area (Å²) in [6.45, 7) is 0. The Morgan fingerprint density at radius 2 is 1.96 bits per heavy atom. The van der Waals surface area contributed by atoms with Gasteiger partial charge in [0.15, 0.2) is 5.78 Å². The van der Waals surface area contributed by atoms with E-state index in [1.807, 2.05) is 0 Å². The lowest BCUT2D eigenvalue weighted by Crippen LogP contribution is -2.42. The number of Topliss-reactive ketones (excluding diaryl/α,β-unsaturated/α-hetero) is 1. The van der Waals surface area contributed by atoms with Gasteiger partial charge in [-0.05, 0) is 43.6 Å². The van der Waals surface area contributed by atoms with Crippen molar-refractivity contribution in [2.75, 3.05) is 5.75 Å². The van der Waals surface area contributed by atoms with Crippen molar-refractivity contribution < 1.29 is 9.59 Å². The predicted octanol–water partition coefficient (Wildman–Crippen LogP) is 4.21. The number of hydrogen-bond acceptors (Lipinski definition) is 4. The number of aldehydes is 1. The van der Waals surface area contributed by atoms with Gasteiger partial charge in [0.05, 0.1) is 6.04 Å².